The largest absolute Gasteiger partial charge is 0.393 e. The number of aliphatic hydroxyl groups excluding tert-OH is 2. The Bertz CT molecular complexity index is 863. The number of amides is 1. The van der Waals surface area contributed by atoms with Crippen LogP contribution in [0.25, 0.3) is 0 Å². The molecule has 34 heavy (non-hydrogen) atoms. The third-order valence-corrected chi connectivity index (χ3v) is 11.7. The van der Waals surface area contributed by atoms with Crippen molar-refractivity contribution < 1.29 is 28.0 Å². The van der Waals surface area contributed by atoms with E-state index in [-0.39, 0.29) is 35.5 Å². The number of fused-ring (bicyclic) bond motifs is 5. The maximum atomic E-state index is 12.2. The van der Waals surface area contributed by atoms with Gasteiger partial charge in [-0.25, -0.2) is 0 Å². The second-order valence-corrected chi connectivity index (χ2v) is 14.1. The third kappa shape index (κ3) is 4.81. The summed E-state index contributed by atoms with van der Waals surface area (Å²) in [5.74, 6) is 2.28. The molecule has 196 valence electrons. The zero-order valence-electron chi connectivity index (χ0n) is 21.1. The van der Waals surface area contributed by atoms with E-state index < -0.39 is 15.9 Å². The van der Waals surface area contributed by atoms with Crippen LogP contribution >= 0.6 is 0 Å². The normalized spacial score (nSPS) is 45.1. The minimum absolute atomic E-state index is 0.0756. The fraction of sp³-hybridized carbons (Fsp3) is 0.962. The lowest BCUT2D eigenvalue weighted by molar-refractivity contribution is -0.174. The average molecular weight is 500 g/mol. The number of aliphatic hydroxyl groups is 2. The summed E-state index contributed by atoms with van der Waals surface area (Å²) in [4.78, 5) is 12.2. The van der Waals surface area contributed by atoms with Crippen LogP contribution in [0.4, 0.5) is 0 Å². The lowest BCUT2D eigenvalue weighted by Gasteiger charge is -2.62. The summed E-state index contributed by atoms with van der Waals surface area (Å²) >= 11 is 0. The number of nitrogens with one attached hydrogen (secondary N) is 1. The smallest absolute Gasteiger partial charge is 0.266 e. The second-order valence-electron chi connectivity index (χ2n) is 12.5. The van der Waals surface area contributed by atoms with E-state index in [9.17, 15) is 23.4 Å². The Morgan fingerprint density at radius 1 is 1.06 bits per heavy atom. The molecule has 4 N–H and O–H groups in total. The van der Waals surface area contributed by atoms with Crippen molar-refractivity contribution in [2.24, 2.45) is 46.3 Å². The van der Waals surface area contributed by atoms with Crippen LogP contribution in [0.1, 0.15) is 85.0 Å². The van der Waals surface area contributed by atoms with Crippen molar-refractivity contribution >= 4 is 16.0 Å². The highest BCUT2D eigenvalue weighted by Gasteiger charge is 2.63. The summed E-state index contributed by atoms with van der Waals surface area (Å²) in [7, 11) is -4.07. The van der Waals surface area contributed by atoms with Gasteiger partial charge < -0.3 is 15.5 Å². The first kappa shape index (κ1) is 26.4. The predicted molar refractivity (Wildman–Crippen MR) is 130 cm³/mol. The summed E-state index contributed by atoms with van der Waals surface area (Å²) in [6.45, 7) is 6.86. The molecule has 4 saturated carbocycles. The fourth-order valence-electron chi connectivity index (χ4n) is 9.13. The van der Waals surface area contributed by atoms with E-state index in [1.54, 1.807) is 0 Å². The van der Waals surface area contributed by atoms with E-state index >= 15 is 0 Å². The molecule has 4 aliphatic carbocycles. The Kier molecular flexibility index (Phi) is 7.47. The van der Waals surface area contributed by atoms with Crippen LogP contribution in [0, 0.1) is 46.3 Å². The zero-order valence-corrected chi connectivity index (χ0v) is 21.9. The number of hydrogen-bond acceptors (Lipinski definition) is 5. The van der Waals surface area contributed by atoms with Crippen molar-refractivity contribution in [3.05, 3.63) is 0 Å². The summed E-state index contributed by atoms with van der Waals surface area (Å²) in [5.41, 5.74) is 0.105. The van der Waals surface area contributed by atoms with Crippen molar-refractivity contribution in [3.63, 3.8) is 0 Å². The fourth-order valence-corrected chi connectivity index (χ4v) is 9.49. The highest BCUT2D eigenvalue weighted by molar-refractivity contribution is 7.85. The Morgan fingerprint density at radius 3 is 2.50 bits per heavy atom. The average Bonchev–Trinajstić information content (AvgIpc) is 3.11. The maximum Gasteiger partial charge on any atom is 0.266 e. The first-order valence-corrected chi connectivity index (χ1v) is 15.0. The van der Waals surface area contributed by atoms with Gasteiger partial charge in [-0.15, -0.1) is 0 Å². The van der Waals surface area contributed by atoms with E-state index in [1.807, 2.05) is 0 Å². The third-order valence-electron chi connectivity index (χ3n) is 11.0. The van der Waals surface area contributed by atoms with Crippen molar-refractivity contribution in [2.45, 2.75) is 97.2 Å². The monoisotopic (exact) mass is 499 g/mol. The van der Waals surface area contributed by atoms with E-state index in [4.69, 9.17) is 4.55 Å². The van der Waals surface area contributed by atoms with Gasteiger partial charge in [0.25, 0.3) is 10.1 Å². The first-order valence-electron chi connectivity index (χ1n) is 13.4. The highest BCUT2D eigenvalue weighted by Crippen LogP contribution is 2.68. The van der Waals surface area contributed by atoms with Crippen molar-refractivity contribution in [3.8, 4) is 0 Å². The van der Waals surface area contributed by atoms with E-state index in [0.717, 1.165) is 38.5 Å². The van der Waals surface area contributed by atoms with Crippen LogP contribution in [0.15, 0.2) is 0 Å². The molecule has 4 aliphatic rings. The van der Waals surface area contributed by atoms with Crippen LogP contribution < -0.4 is 5.32 Å². The molecule has 4 fully saturated rings. The quantitative estimate of drug-likeness (QED) is 0.398. The van der Waals surface area contributed by atoms with Gasteiger partial charge >= 0.3 is 0 Å². The second kappa shape index (κ2) is 9.64. The van der Waals surface area contributed by atoms with E-state index in [2.05, 4.69) is 26.1 Å². The molecule has 7 nitrogen and oxygen atoms in total. The first-order chi connectivity index (χ1) is 15.9. The van der Waals surface area contributed by atoms with Gasteiger partial charge in [0, 0.05) is 13.0 Å². The maximum absolute atomic E-state index is 12.2. The predicted octanol–water partition coefficient (Wildman–Crippen LogP) is 3.40. The lowest BCUT2D eigenvalue weighted by atomic mass is 9.43. The number of carbonyl (C=O) groups excluding carboxylic acids is 1. The van der Waals surface area contributed by atoms with Crippen molar-refractivity contribution in [1.29, 1.82) is 0 Å². The van der Waals surface area contributed by atoms with Crippen LogP contribution in [-0.2, 0) is 14.9 Å². The Hall–Kier alpha value is -0.700. The molecule has 8 heteroatoms. The summed E-state index contributed by atoms with van der Waals surface area (Å²) in [6.07, 6.45) is 8.93. The minimum atomic E-state index is -4.07. The van der Waals surface area contributed by atoms with Gasteiger partial charge in [-0.05, 0) is 104 Å². The molecular formula is C26H45NO6S. The minimum Gasteiger partial charge on any atom is -0.393 e. The number of rotatable bonds is 7. The van der Waals surface area contributed by atoms with E-state index in [0.29, 0.717) is 48.3 Å². The highest BCUT2D eigenvalue weighted by atomic mass is 32.2. The summed E-state index contributed by atoms with van der Waals surface area (Å²) in [5, 5.41) is 24.5. The summed E-state index contributed by atoms with van der Waals surface area (Å²) < 4.78 is 30.5. The van der Waals surface area contributed by atoms with Gasteiger partial charge in [-0.3, -0.25) is 9.35 Å². The lowest BCUT2D eigenvalue weighted by Crippen LogP contribution is -2.58. The number of hydrogen-bond donors (Lipinski definition) is 4. The Balaban J connectivity index is 1.40. The van der Waals surface area contributed by atoms with E-state index in [1.165, 1.54) is 12.8 Å². The molecule has 1 unspecified atom stereocenters. The molecule has 10 atom stereocenters. The Labute approximate surface area is 205 Å². The standard InChI is InChI=1S/C26H45NO6S/c1-16(4-9-24(30)27-12-13-34(31,32)33)20-7-8-21-19-6-5-17-14-18(28)10-11-25(17,2)22(19)15-23(29)26(20,21)3/h16-23,28-29H,4-15H2,1-3H3,(H,27,30)(H,31,32,33)/t16-,17?,18-,19-,20-,21-,22+,23+,25+,26-/m1/s1. The van der Waals surface area contributed by atoms with Crippen LogP contribution in [0.5, 0.6) is 0 Å². The molecule has 0 saturated heterocycles. The molecule has 0 aromatic heterocycles. The molecule has 0 bridgehead atoms. The molecule has 0 radical (unpaired) electrons. The van der Waals surface area contributed by atoms with Gasteiger partial charge in [0.15, 0.2) is 0 Å². The Morgan fingerprint density at radius 2 is 1.79 bits per heavy atom. The topological polar surface area (TPSA) is 124 Å². The SMILES string of the molecule is C[C@H](CCC(=O)NCCS(=O)(=O)O)[C@H]1CC[C@@H]2[C@H]3CCC4C[C@H](O)CC[C@]4(C)[C@H]3C[C@H](O)[C@@]21C. The van der Waals surface area contributed by atoms with Gasteiger partial charge in [0.1, 0.15) is 0 Å². The molecule has 0 spiro atoms. The van der Waals surface area contributed by atoms with Crippen LogP contribution in [0.2, 0.25) is 0 Å². The van der Waals surface area contributed by atoms with Crippen molar-refractivity contribution in [1.82, 2.24) is 5.32 Å². The van der Waals surface area contributed by atoms with Gasteiger partial charge in [-0.1, -0.05) is 20.8 Å². The van der Waals surface area contributed by atoms with Crippen molar-refractivity contribution in [2.75, 3.05) is 12.3 Å². The molecule has 0 aromatic rings. The van der Waals surface area contributed by atoms with Crippen LogP contribution in [0.3, 0.4) is 0 Å². The summed E-state index contributed by atoms with van der Waals surface area (Å²) in [6, 6.07) is 0. The molecule has 0 aliphatic heterocycles. The van der Waals surface area contributed by atoms with Crippen LogP contribution in [-0.4, -0.2) is 53.6 Å². The van der Waals surface area contributed by atoms with Gasteiger partial charge in [-0.2, -0.15) is 8.42 Å². The zero-order chi connectivity index (χ0) is 24.9. The van der Waals surface area contributed by atoms with Gasteiger partial charge in [0.2, 0.25) is 5.91 Å². The molecular weight excluding hydrogens is 454 g/mol. The molecule has 0 heterocycles. The molecule has 1 amide bonds. The molecule has 0 aromatic carbocycles. The molecule has 4 rings (SSSR count). The number of carbonyl (C=O) groups is 1. The van der Waals surface area contributed by atoms with Gasteiger partial charge in [0.05, 0.1) is 18.0 Å².